The number of benzene rings is 1. The summed E-state index contributed by atoms with van der Waals surface area (Å²) in [5.41, 5.74) is 2.97. The summed E-state index contributed by atoms with van der Waals surface area (Å²) in [6, 6.07) is 11.7. The molecule has 88 valence electrons. The summed E-state index contributed by atoms with van der Waals surface area (Å²) in [6.45, 7) is 2.03. The van der Waals surface area contributed by atoms with Crippen molar-refractivity contribution in [2.45, 2.75) is 6.92 Å². The highest BCUT2D eigenvalue weighted by molar-refractivity contribution is 5.57. The molecule has 0 unspecified atom stereocenters. The van der Waals surface area contributed by atoms with E-state index in [9.17, 15) is 0 Å². The lowest BCUT2D eigenvalue weighted by atomic mass is 10.1. The second-order valence-corrected chi connectivity index (χ2v) is 4.02. The van der Waals surface area contributed by atoms with E-state index in [0.717, 1.165) is 16.7 Å². The van der Waals surface area contributed by atoms with E-state index < -0.39 is 0 Å². The average Bonchev–Trinajstić information content (AvgIpc) is 2.89. The minimum absolute atomic E-state index is 0.508. The largest absolute Gasteiger partial charge is 0.416 e. The summed E-state index contributed by atoms with van der Waals surface area (Å²) in [5.74, 6) is 1.04. The van der Waals surface area contributed by atoms with Crippen LogP contribution in [0.1, 0.15) is 5.56 Å². The molecule has 1 aromatic carbocycles. The Bertz CT molecular complexity index is 662. The zero-order valence-corrected chi connectivity index (χ0v) is 9.87. The van der Waals surface area contributed by atoms with Gasteiger partial charge in [0.15, 0.2) is 0 Å². The normalized spacial score (nSPS) is 10.5. The van der Waals surface area contributed by atoms with Crippen molar-refractivity contribution in [1.29, 1.82) is 0 Å². The molecule has 0 N–H and O–H groups in total. The van der Waals surface area contributed by atoms with E-state index in [4.69, 9.17) is 4.42 Å². The minimum Gasteiger partial charge on any atom is -0.416 e. The van der Waals surface area contributed by atoms with Gasteiger partial charge < -0.3 is 4.42 Å². The van der Waals surface area contributed by atoms with Gasteiger partial charge >= 0.3 is 0 Å². The van der Waals surface area contributed by atoms with Crippen molar-refractivity contribution in [3.05, 3.63) is 54.4 Å². The van der Waals surface area contributed by atoms with E-state index in [1.54, 1.807) is 12.4 Å². The fourth-order valence-electron chi connectivity index (χ4n) is 1.73. The van der Waals surface area contributed by atoms with Gasteiger partial charge in [0.2, 0.25) is 11.8 Å². The Morgan fingerprint density at radius 1 is 0.889 bits per heavy atom. The van der Waals surface area contributed by atoms with Crippen LogP contribution in [0.5, 0.6) is 0 Å². The number of hydrogen-bond acceptors (Lipinski definition) is 4. The van der Waals surface area contributed by atoms with Gasteiger partial charge in [0, 0.05) is 23.5 Å². The van der Waals surface area contributed by atoms with Gasteiger partial charge in [-0.05, 0) is 31.2 Å². The first kappa shape index (κ1) is 10.7. The van der Waals surface area contributed by atoms with E-state index in [2.05, 4.69) is 15.2 Å². The van der Waals surface area contributed by atoms with Crippen LogP contribution in [0.25, 0.3) is 22.9 Å². The molecule has 0 atom stereocenters. The predicted molar refractivity (Wildman–Crippen MR) is 67.7 cm³/mol. The van der Waals surface area contributed by atoms with Crippen LogP contribution in [-0.4, -0.2) is 15.2 Å². The van der Waals surface area contributed by atoms with Crippen LogP contribution in [0, 0.1) is 6.92 Å². The molecular weight excluding hydrogens is 226 g/mol. The maximum atomic E-state index is 5.66. The van der Waals surface area contributed by atoms with Crippen molar-refractivity contribution < 1.29 is 4.42 Å². The smallest absolute Gasteiger partial charge is 0.248 e. The highest BCUT2D eigenvalue weighted by Crippen LogP contribution is 2.23. The predicted octanol–water partition coefficient (Wildman–Crippen LogP) is 3.11. The zero-order chi connectivity index (χ0) is 12.4. The van der Waals surface area contributed by atoms with Gasteiger partial charge in [-0.15, -0.1) is 10.2 Å². The molecule has 0 aliphatic rings. The van der Waals surface area contributed by atoms with Crippen molar-refractivity contribution in [3.63, 3.8) is 0 Å². The van der Waals surface area contributed by atoms with Crippen molar-refractivity contribution in [1.82, 2.24) is 15.2 Å². The maximum absolute atomic E-state index is 5.66. The molecule has 0 aliphatic heterocycles. The first-order chi connectivity index (χ1) is 8.83. The Balaban J connectivity index is 2.00. The summed E-state index contributed by atoms with van der Waals surface area (Å²) in [7, 11) is 0. The number of hydrogen-bond donors (Lipinski definition) is 0. The van der Waals surface area contributed by atoms with Crippen LogP contribution in [0.15, 0.2) is 53.2 Å². The lowest BCUT2D eigenvalue weighted by Gasteiger charge is -1.96. The topological polar surface area (TPSA) is 51.8 Å². The summed E-state index contributed by atoms with van der Waals surface area (Å²) in [4.78, 5) is 3.96. The Morgan fingerprint density at radius 3 is 2.33 bits per heavy atom. The Kier molecular flexibility index (Phi) is 2.61. The second-order valence-electron chi connectivity index (χ2n) is 4.02. The van der Waals surface area contributed by atoms with Gasteiger partial charge in [-0.1, -0.05) is 17.7 Å². The number of aromatic nitrogens is 3. The molecule has 0 radical (unpaired) electrons. The summed E-state index contributed by atoms with van der Waals surface area (Å²) in [5, 5.41) is 8.11. The molecule has 0 bridgehead atoms. The molecule has 3 aromatic rings. The van der Waals surface area contributed by atoms with Gasteiger partial charge in [-0.3, -0.25) is 4.98 Å². The van der Waals surface area contributed by atoms with Gasteiger partial charge in [-0.25, -0.2) is 0 Å². The SMILES string of the molecule is Cc1cccc(-c2nnc(-c3ccncc3)o2)c1. The number of pyridine rings is 1. The molecule has 0 saturated heterocycles. The molecule has 2 heterocycles. The molecule has 18 heavy (non-hydrogen) atoms. The highest BCUT2D eigenvalue weighted by atomic mass is 16.4. The molecule has 3 rings (SSSR count). The molecule has 2 aromatic heterocycles. The van der Waals surface area contributed by atoms with Crippen LogP contribution < -0.4 is 0 Å². The average molecular weight is 237 g/mol. The van der Waals surface area contributed by atoms with Gasteiger partial charge in [0.05, 0.1) is 0 Å². The number of aryl methyl sites for hydroxylation is 1. The van der Waals surface area contributed by atoms with Crippen LogP contribution in [0.2, 0.25) is 0 Å². The lowest BCUT2D eigenvalue weighted by Crippen LogP contribution is -1.78. The van der Waals surface area contributed by atoms with E-state index >= 15 is 0 Å². The Labute approximate surface area is 104 Å². The number of rotatable bonds is 2. The van der Waals surface area contributed by atoms with Crippen molar-refractivity contribution >= 4 is 0 Å². The third-order valence-corrected chi connectivity index (χ3v) is 2.62. The van der Waals surface area contributed by atoms with Crippen LogP contribution >= 0.6 is 0 Å². The molecule has 0 aliphatic carbocycles. The minimum atomic E-state index is 0.508. The maximum Gasteiger partial charge on any atom is 0.248 e. The Hall–Kier alpha value is -2.49. The summed E-state index contributed by atoms with van der Waals surface area (Å²) >= 11 is 0. The van der Waals surface area contributed by atoms with Gasteiger partial charge in [0.25, 0.3) is 0 Å². The van der Waals surface area contributed by atoms with Crippen molar-refractivity contribution in [2.24, 2.45) is 0 Å². The summed E-state index contributed by atoms with van der Waals surface area (Å²) < 4.78 is 5.66. The fourth-order valence-corrected chi connectivity index (χ4v) is 1.73. The van der Waals surface area contributed by atoms with Crippen LogP contribution in [0.3, 0.4) is 0 Å². The standard InChI is InChI=1S/C14H11N3O/c1-10-3-2-4-12(9-10)14-17-16-13(18-14)11-5-7-15-8-6-11/h2-9H,1H3. The van der Waals surface area contributed by atoms with E-state index in [1.807, 2.05) is 43.3 Å². The third-order valence-electron chi connectivity index (χ3n) is 2.62. The Morgan fingerprint density at radius 2 is 1.61 bits per heavy atom. The number of nitrogens with zero attached hydrogens (tertiary/aromatic N) is 3. The third kappa shape index (κ3) is 2.00. The first-order valence-corrected chi connectivity index (χ1v) is 5.64. The first-order valence-electron chi connectivity index (χ1n) is 5.64. The van der Waals surface area contributed by atoms with Crippen molar-refractivity contribution in [2.75, 3.05) is 0 Å². The molecular formula is C14H11N3O. The quantitative estimate of drug-likeness (QED) is 0.687. The van der Waals surface area contributed by atoms with Crippen LogP contribution in [0.4, 0.5) is 0 Å². The summed E-state index contributed by atoms with van der Waals surface area (Å²) in [6.07, 6.45) is 3.40. The van der Waals surface area contributed by atoms with E-state index in [-0.39, 0.29) is 0 Å². The highest BCUT2D eigenvalue weighted by Gasteiger charge is 2.09. The fraction of sp³-hybridized carbons (Fsp3) is 0.0714. The van der Waals surface area contributed by atoms with Crippen molar-refractivity contribution in [3.8, 4) is 22.9 Å². The molecule has 4 nitrogen and oxygen atoms in total. The molecule has 0 fully saturated rings. The second kappa shape index (κ2) is 4.41. The molecule has 0 spiro atoms. The van der Waals surface area contributed by atoms with E-state index in [1.165, 1.54) is 0 Å². The molecule has 0 saturated carbocycles. The zero-order valence-electron chi connectivity index (χ0n) is 9.87. The van der Waals surface area contributed by atoms with Crippen LogP contribution in [-0.2, 0) is 0 Å². The van der Waals surface area contributed by atoms with Gasteiger partial charge in [-0.2, -0.15) is 0 Å². The lowest BCUT2D eigenvalue weighted by molar-refractivity contribution is 0.584. The van der Waals surface area contributed by atoms with E-state index in [0.29, 0.717) is 11.8 Å². The monoisotopic (exact) mass is 237 g/mol. The molecule has 4 heteroatoms. The molecule has 0 amide bonds. The van der Waals surface area contributed by atoms with Gasteiger partial charge in [0.1, 0.15) is 0 Å².